The monoisotopic (exact) mass is 429 g/mol. The van der Waals surface area contributed by atoms with Crippen LogP contribution in [-0.4, -0.2) is 52.5 Å². The molecule has 1 heterocycles. The minimum Gasteiger partial charge on any atom is -0.352 e. The third kappa shape index (κ3) is 5.40. The van der Waals surface area contributed by atoms with Crippen molar-refractivity contribution in [3.8, 4) is 0 Å². The summed E-state index contributed by atoms with van der Waals surface area (Å²) in [4.78, 5) is 15.4. The van der Waals surface area contributed by atoms with Crippen LogP contribution >= 0.6 is 0 Å². The number of anilines is 1. The lowest BCUT2D eigenvalue weighted by molar-refractivity contribution is 0.0951. The standard InChI is InChI=1S/C23H31N3O3S/c1-19-13-17-26(18-14-19)16-8-15-24-23(27)21-11-6-7-12-22(21)25(2)30(28,29)20-9-4-3-5-10-20/h3-7,9-12,19H,8,13-18H2,1-2H3,(H,24,27). The highest BCUT2D eigenvalue weighted by Crippen LogP contribution is 2.25. The van der Waals surface area contributed by atoms with E-state index in [1.54, 1.807) is 54.6 Å². The molecule has 1 aliphatic heterocycles. The zero-order valence-corrected chi connectivity index (χ0v) is 18.6. The van der Waals surface area contributed by atoms with E-state index in [9.17, 15) is 13.2 Å². The number of rotatable bonds is 8. The Kier molecular flexibility index (Phi) is 7.50. The lowest BCUT2D eigenvalue weighted by Crippen LogP contribution is -2.35. The van der Waals surface area contributed by atoms with Crippen molar-refractivity contribution in [2.24, 2.45) is 5.92 Å². The first kappa shape index (κ1) is 22.3. The third-order valence-electron chi connectivity index (χ3n) is 5.70. The number of benzene rings is 2. The molecule has 2 aromatic carbocycles. The molecule has 3 rings (SSSR count). The Morgan fingerprint density at radius 2 is 1.70 bits per heavy atom. The van der Waals surface area contributed by atoms with Crippen LogP contribution < -0.4 is 9.62 Å². The lowest BCUT2D eigenvalue weighted by Gasteiger charge is -2.30. The molecule has 2 aromatic rings. The SMILES string of the molecule is CC1CCN(CCCNC(=O)c2ccccc2N(C)S(=O)(=O)c2ccccc2)CC1. The molecule has 7 heteroatoms. The Hall–Kier alpha value is -2.38. The fourth-order valence-electron chi connectivity index (χ4n) is 3.71. The number of nitrogens with one attached hydrogen (secondary N) is 1. The number of sulfonamides is 1. The molecule has 0 unspecified atom stereocenters. The van der Waals surface area contributed by atoms with Crippen LogP contribution in [0.3, 0.4) is 0 Å². The van der Waals surface area contributed by atoms with Gasteiger partial charge in [0.25, 0.3) is 15.9 Å². The molecule has 0 aliphatic carbocycles. The summed E-state index contributed by atoms with van der Waals surface area (Å²) in [5, 5.41) is 2.95. The van der Waals surface area contributed by atoms with Gasteiger partial charge in [-0.05, 0) is 69.1 Å². The molecule has 0 radical (unpaired) electrons. The van der Waals surface area contributed by atoms with Crippen molar-refractivity contribution >= 4 is 21.6 Å². The normalized spacial score (nSPS) is 15.7. The molecule has 1 aliphatic rings. The Morgan fingerprint density at radius 3 is 2.40 bits per heavy atom. The highest BCUT2D eigenvalue weighted by molar-refractivity contribution is 7.92. The number of carbonyl (C=O) groups is 1. The van der Waals surface area contributed by atoms with Crippen molar-refractivity contribution in [3.63, 3.8) is 0 Å². The average Bonchev–Trinajstić information content (AvgIpc) is 2.78. The van der Waals surface area contributed by atoms with Gasteiger partial charge in [0.05, 0.1) is 16.1 Å². The van der Waals surface area contributed by atoms with E-state index in [1.165, 1.54) is 24.2 Å². The van der Waals surface area contributed by atoms with Crippen LogP contribution in [0.4, 0.5) is 5.69 Å². The third-order valence-corrected chi connectivity index (χ3v) is 7.49. The van der Waals surface area contributed by atoms with Crippen LogP contribution in [0.1, 0.15) is 36.5 Å². The predicted molar refractivity (Wildman–Crippen MR) is 120 cm³/mol. The smallest absolute Gasteiger partial charge is 0.264 e. The van der Waals surface area contributed by atoms with Gasteiger partial charge in [-0.3, -0.25) is 9.10 Å². The molecule has 0 spiro atoms. The van der Waals surface area contributed by atoms with Crippen molar-refractivity contribution in [2.45, 2.75) is 31.1 Å². The second-order valence-corrected chi connectivity index (χ2v) is 9.91. The molecule has 0 aromatic heterocycles. The van der Waals surface area contributed by atoms with Crippen LogP contribution in [0.15, 0.2) is 59.5 Å². The molecule has 162 valence electrons. The summed E-state index contributed by atoms with van der Waals surface area (Å²) in [7, 11) is -2.27. The van der Waals surface area contributed by atoms with Gasteiger partial charge in [0.1, 0.15) is 0 Å². The Bertz CT molecular complexity index is 939. The first-order valence-corrected chi connectivity index (χ1v) is 12.0. The number of carbonyl (C=O) groups excluding carboxylic acids is 1. The number of hydrogen-bond acceptors (Lipinski definition) is 4. The minimum atomic E-state index is -3.75. The number of para-hydroxylation sites is 1. The van der Waals surface area contributed by atoms with Gasteiger partial charge in [0.2, 0.25) is 0 Å². The van der Waals surface area contributed by atoms with Crippen molar-refractivity contribution in [2.75, 3.05) is 37.5 Å². The maximum atomic E-state index is 13.0. The van der Waals surface area contributed by atoms with E-state index >= 15 is 0 Å². The fourth-order valence-corrected chi connectivity index (χ4v) is 4.94. The highest BCUT2D eigenvalue weighted by Gasteiger charge is 2.24. The molecular weight excluding hydrogens is 398 g/mol. The number of nitrogens with zero attached hydrogens (tertiary/aromatic N) is 2. The van der Waals surface area contributed by atoms with Crippen LogP contribution in [0.2, 0.25) is 0 Å². The summed E-state index contributed by atoms with van der Waals surface area (Å²) in [5.74, 6) is 0.551. The first-order valence-electron chi connectivity index (χ1n) is 10.5. The van der Waals surface area contributed by atoms with Crippen LogP contribution in [-0.2, 0) is 10.0 Å². The average molecular weight is 430 g/mol. The molecule has 30 heavy (non-hydrogen) atoms. The molecule has 1 fully saturated rings. The second-order valence-electron chi connectivity index (χ2n) is 7.94. The van der Waals surface area contributed by atoms with E-state index in [1.807, 2.05) is 0 Å². The van der Waals surface area contributed by atoms with Crippen LogP contribution in [0.25, 0.3) is 0 Å². The summed E-state index contributed by atoms with van der Waals surface area (Å²) >= 11 is 0. The van der Waals surface area contributed by atoms with Gasteiger partial charge in [-0.15, -0.1) is 0 Å². The molecule has 0 saturated carbocycles. The van der Waals surface area contributed by atoms with Gasteiger partial charge >= 0.3 is 0 Å². The molecule has 6 nitrogen and oxygen atoms in total. The number of hydrogen-bond donors (Lipinski definition) is 1. The quantitative estimate of drug-likeness (QED) is 0.653. The fraction of sp³-hybridized carbons (Fsp3) is 0.435. The molecule has 0 atom stereocenters. The van der Waals surface area contributed by atoms with Gasteiger partial charge < -0.3 is 10.2 Å². The molecule has 1 saturated heterocycles. The summed E-state index contributed by atoms with van der Waals surface area (Å²) in [5.41, 5.74) is 0.718. The minimum absolute atomic E-state index is 0.193. The van der Waals surface area contributed by atoms with Crippen LogP contribution in [0, 0.1) is 5.92 Å². The topological polar surface area (TPSA) is 69.7 Å². The van der Waals surface area contributed by atoms with E-state index in [0.717, 1.165) is 32.0 Å². The largest absolute Gasteiger partial charge is 0.352 e. The summed E-state index contributed by atoms with van der Waals surface area (Å²) < 4.78 is 27.1. The Balaban J connectivity index is 1.62. The van der Waals surface area contributed by atoms with E-state index in [0.29, 0.717) is 17.8 Å². The summed E-state index contributed by atoms with van der Waals surface area (Å²) in [6, 6.07) is 15.0. The molecule has 1 amide bonds. The van der Waals surface area contributed by atoms with Gasteiger partial charge in [0.15, 0.2) is 0 Å². The maximum Gasteiger partial charge on any atom is 0.264 e. The van der Waals surface area contributed by atoms with E-state index in [-0.39, 0.29) is 10.8 Å². The predicted octanol–water partition coefficient (Wildman–Crippen LogP) is 3.36. The van der Waals surface area contributed by atoms with Crippen molar-refractivity contribution in [1.82, 2.24) is 10.2 Å². The molecular formula is C23H31N3O3S. The van der Waals surface area contributed by atoms with Crippen molar-refractivity contribution in [3.05, 3.63) is 60.2 Å². The van der Waals surface area contributed by atoms with Crippen molar-refractivity contribution in [1.29, 1.82) is 0 Å². The molecule has 0 bridgehead atoms. The molecule has 1 N–H and O–H groups in total. The first-order chi connectivity index (χ1) is 14.4. The van der Waals surface area contributed by atoms with Gasteiger partial charge in [0, 0.05) is 13.6 Å². The zero-order chi connectivity index (χ0) is 21.6. The Labute approximate surface area is 179 Å². The van der Waals surface area contributed by atoms with Gasteiger partial charge in [-0.1, -0.05) is 37.3 Å². The van der Waals surface area contributed by atoms with Gasteiger partial charge in [-0.25, -0.2) is 8.42 Å². The van der Waals surface area contributed by atoms with E-state index in [2.05, 4.69) is 17.1 Å². The van der Waals surface area contributed by atoms with E-state index < -0.39 is 10.0 Å². The second kappa shape index (κ2) is 10.1. The Morgan fingerprint density at radius 1 is 1.07 bits per heavy atom. The summed E-state index contributed by atoms with van der Waals surface area (Å²) in [6.45, 7) is 6.08. The lowest BCUT2D eigenvalue weighted by atomic mass is 9.99. The number of piperidine rings is 1. The number of likely N-dealkylation sites (tertiary alicyclic amines) is 1. The maximum absolute atomic E-state index is 13.0. The van der Waals surface area contributed by atoms with E-state index in [4.69, 9.17) is 0 Å². The number of amides is 1. The summed E-state index contributed by atoms with van der Waals surface area (Å²) in [6.07, 6.45) is 3.35. The highest BCUT2D eigenvalue weighted by atomic mass is 32.2. The van der Waals surface area contributed by atoms with Crippen molar-refractivity contribution < 1.29 is 13.2 Å². The van der Waals surface area contributed by atoms with Crippen LogP contribution in [0.5, 0.6) is 0 Å². The zero-order valence-electron chi connectivity index (χ0n) is 17.8. The van der Waals surface area contributed by atoms with Gasteiger partial charge in [-0.2, -0.15) is 0 Å².